The summed E-state index contributed by atoms with van der Waals surface area (Å²) < 4.78 is 5.52. The van der Waals surface area contributed by atoms with Crippen molar-refractivity contribution >= 4 is 39.9 Å². The van der Waals surface area contributed by atoms with E-state index in [-0.39, 0.29) is 16.6 Å². The molecule has 76 valence electrons. The van der Waals surface area contributed by atoms with Crippen molar-refractivity contribution < 1.29 is 9.66 Å². The molecule has 0 aliphatic carbocycles. The first-order valence-corrected chi connectivity index (χ1v) is 5.14. The lowest BCUT2D eigenvalue weighted by atomic mass is 10.4. The van der Waals surface area contributed by atoms with E-state index >= 15 is 0 Å². The van der Waals surface area contributed by atoms with Crippen molar-refractivity contribution in [2.75, 3.05) is 6.61 Å². The van der Waals surface area contributed by atoms with Crippen molar-refractivity contribution in [1.82, 2.24) is 4.98 Å². The maximum atomic E-state index is 10.7. The molecule has 0 amide bonds. The first kappa shape index (κ1) is 11.4. The number of nitro groups is 1. The molecule has 14 heavy (non-hydrogen) atoms. The Morgan fingerprint density at radius 1 is 1.79 bits per heavy atom. The van der Waals surface area contributed by atoms with E-state index in [2.05, 4.69) is 4.98 Å². The quantitative estimate of drug-likeness (QED) is 0.486. The molecule has 5 nitrogen and oxygen atoms in total. The van der Waals surface area contributed by atoms with Gasteiger partial charge < -0.3 is 4.74 Å². The van der Waals surface area contributed by atoms with Crippen molar-refractivity contribution in [2.45, 2.75) is 6.92 Å². The molecular weight excluding hydrogens is 322 g/mol. The minimum Gasteiger partial charge on any atom is -0.473 e. The Hall–Kier alpha value is -0.630. The Bertz CT molecular complexity index is 372. The Morgan fingerprint density at radius 3 is 2.93 bits per heavy atom. The zero-order chi connectivity index (χ0) is 10.7. The van der Waals surface area contributed by atoms with Gasteiger partial charge >= 0.3 is 5.69 Å². The van der Waals surface area contributed by atoms with Gasteiger partial charge in [-0.1, -0.05) is 11.6 Å². The molecule has 0 radical (unpaired) electrons. The van der Waals surface area contributed by atoms with Crippen LogP contribution in [0.25, 0.3) is 0 Å². The highest BCUT2D eigenvalue weighted by molar-refractivity contribution is 14.1. The van der Waals surface area contributed by atoms with Crippen LogP contribution in [0.3, 0.4) is 0 Å². The Labute approximate surface area is 98.7 Å². The highest BCUT2D eigenvalue weighted by Gasteiger charge is 2.23. The monoisotopic (exact) mass is 328 g/mol. The van der Waals surface area contributed by atoms with Crippen LogP contribution in [0.1, 0.15) is 6.92 Å². The zero-order valence-electron chi connectivity index (χ0n) is 7.16. The smallest absolute Gasteiger partial charge is 0.350 e. The van der Waals surface area contributed by atoms with Crippen LogP contribution in [0.2, 0.25) is 5.02 Å². The van der Waals surface area contributed by atoms with Crippen molar-refractivity contribution in [3.63, 3.8) is 0 Å². The summed E-state index contributed by atoms with van der Waals surface area (Å²) in [5.74, 6) is -0.0390. The number of aromatic nitrogens is 1. The normalized spacial score (nSPS) is 9.93. The molecule has 0 saturated carbocycles. The van der Waals surface area contributed by atoms with Crippen LogP contribution in [-0.2, 0) is 0 Å². The Kier molecular flexibility index (Phi) is 3.87. The summed E-state index contributed by atoms with van der Waals surface area (Å²) >= 11 is 7.63. The summed E-state index contributed by atoms with van der Waals surface area (Å²) in [4.78, 5) is 13.9. The molecule has 0 aliphatic heterocycles. The summed E-state index contributed by atoms with van der Waals surface area (Å²) in [6, 6.07) is 0. The third kappa shape index (κ3) is 2.24. The van der Waals surface area contributed by atoms with Crippen molar-refractivity contribution in [3.8, 4) is 5.88 Å². The van der Waals surface area contributed by atoms with E-state index in [9.17, 15) is 10.1 Å². The molecule has 0 saturated heterocycles. The van der Waals surface area contributed by atoms with Crippen LogP contribution >= 0.6 is 34.2 Å². The summed E-state index contributed by atoms with van der Waals surface area (Å²) in [6.45, 7) is 2.03. The number of rotatable bonds is 3. The number of pyridine rings is 1. The zero-order valence-corrected chi connectivity index (χ0v) is 10.1. The highest BCUT2D eigenvalue weighted by atomic mass is 127. The largest absolute Gasteiger partial charge is 0.473 e. The second-order valence-corrected chi connectivity index (χ2v) is 3.80. The van der Waals surface area contributed by atoms with Crippen LogP contribution in [0, 0.1) is 13.7 Å². The molecule has 0 fully saturated rings. The first-order valence-electron chi connectivity index (χ1n) is 3.69. The number of halogens is 2. The topological polar surface area (TPSA) is 65.3 Å². The van der Waals surface area contributed by atoms with Crippen LogP contribution < -0.4 is 4.74 Å². The molecule has 0 unspecified atom stereocenters. The molecule has 0 aliphatic rings. The van der Waals surface area contributed by atoms with Crippen molar-refractivity contribution in [3.05, 3.63) is 24.9 Å². The second kappa shape index (κ2) is 4.74. The fourth-order valence-electron chi connectivity index (χ4n) is 0.841. The van der Waals surface area contributed by atoms with Gasteiger partial charge in [0.25, 0.3) is 5.88 Å². The van der Waals surface area contributed by atoms with E-state index in [1.54, 1.807) is 6.92 Å². The van der Waals surface area contributed by atoms with E-state index in [0.29, 0.717) is 10.2 Å². The third-order valence-corrected chi connectivity index (χ3v) is 2.90. The van der Waals surface area contributed by atoms with Crippen molar-refractivity contribution in [1.29, 1.82) is 0 Å². The number of hydrogen-bond donors (Lipinski definition) is 0. The number of ether oxygens (including phenoxy) is 1. The van der Waals surface area contributed by atoms with Gasteiger partial charge in [-0.05, 0) is 29.5 Å². The average Bonchev–Trinajstić information content (AvgIpc) is 2.11. The van der Waals surface area contributed by atoms with Gasteiger partial charge in [0.05, 0.1) is 15.1 Å². The van der Waals surface area contributed by atoms with Gasteiger partial charge in [0.2, 0.25) is 0 Å². The van der Waals surface area contributed by atoms with E-state index in [1.807, 2.05) is 22.6 Å². The molecule has 7 heteroatoms. The summed E-state index contributed by atoms with van der Waals surface area (Å²) in [7, 11) is 0. The molecule has 0 bridgehead atoms. The molecule has 1 heterocycles. The lowest BCUT2D eigenvalue weighted by Crippen LogP contribution is -2.01. The molecule has 0 aromatic carbocycles. The van der Waals surface area contributed by atoms with Gasteiger partial charge in [0.15, 0.2) is 0 Å². The molecule has 0 spiro atoms. The lowest BCUT2D eigenvalue weighted by Gasteiger charge is -2.04. The Balaban J connectivity index is 3.30. The van der Waals surface area contributed by atoms with Gasteiger partial charge in [-0.2, -0.15) is 0 Å². The maximum absolute atomic E-state index is 10.7. The predicted molar refractivity (Wildman–Crippen MR) is 59.8 cm³/mol. The third-order valence-electron chi connectivity index (χ3n) is 1.38. The fourth-order valence-corrected chi connectivity index (χ4v) is 1.43. The van der Waals surface area contributed by atoms with Crippen LogP contribution in [-0.4, -0.2) is 16.5 Å². The molecule has 1 aromatic rings. The maximum Gasteiger partial charge on any atom is 0.350 e. The van der Waals surface area contributed by atoms with Gasteiger partial charge in [-0.15, -0.1) is 0 Å². The molecule has 0 atom stereocenters. The number of nitrogens with zero attached hydrogens (tertiary/aromatic N) is 2. The number of hydrogen-bond acceptors (Lipinski definition) is 4. The summed E-state index contributed by atoms with van der Waals surface area (Å²) in [6.07, 6.45) is 1.43. The van der Waals surface area contributed by atoms with E-state index in [0.717, 1.165) is 0 Å². The van der Waals surface area contributed by atoms with Gasteiger partial charge in [0.1, 0.15) is 5.02 Å². The van der Waals surface area contributed by atoms with Gasteiger partial charge in [0, 0.05) is 6.20 Å². The lowest BCUT2D eigenvalue weighted by molar-refractivity contribution is -0.386. The summed E-state index contributed by atoms with van der Waals surface area (Å²) in [5.41, 5.74) is -0.277. The van der Waals surface area contributed by atoms with Crippen LogP contribution in [0.4, 0.5) is 5.69 Å². The standard InChI is InChI=1S/C7H6ClIN2O3/c1-2-14-7-6(11(12)13)5(8)4(9)3-10-7/h3H,2H2,1H3. The highest BCUT2D eigenvalue weighted by Crippen LogP contribution is 2.35. The molecule has 1 rings (SSSR count). The first-order chi connectivity index (χ1) is 6.57. The Morgan fingerprint density at radius 2 is 2.43 bits per heavy atom. The fraction of sp³-hybridized carbons (Fsp3) is 0.286. The van der Waals surface area contributed by atoms with Gasteiger partial charge in [-0.25, -0.2) is 4.98 Å². The van der Waals surface area contributed by atoms with E-state index < -0.39 is 4.92 Å². The average molecular weight is 328 g/mol. The molecular formula is C7H6ClIN2O3. The second-order valence-electron chi connectivity index (χ2n) is 2.26. The van der Waals surface area contributed by atoms with Crippen molar-refractivity contribution in [2.24, 2.45) is 0 Å². The van der Waals surface area contributed by atoms with E-state index in [4.69, 9.17) is 16.3 Å². The summed E-state index contributed by atoms with van der Waals surface area (Å²) in [5, 5.41) is 10.7. The SMILES string of the molecule is CCOc1ncc(I)c(Cl)c1[N+](=O)[O-]. The predicted octanol–water partition coefficient (Wildman–Crippen LogP) is 2.65. The van der Waals surface area contributed by atoms with Gasteiger partial charge in [-0.3, -0.25) is 10.1 Å². The van der Waals surface area contributed by atoms with Crippen LogP contribution in [0.15, 0.2) is 6.20 Å². The minimum atomic E-state index is -0.595. The van der Waals surface area contributed by atoms with Crippen LogP contribution in [0.5, 0.6) is 5.88 Å². The molecule has 1 aromatic heterocycles. The minimum absolute atomic E-state index is 0.0390. The van der Waals surface area contributed by atoms with E-state index in [1.165, 1.54) is 6.20 Å². The molecule has 0 N–H and O–H groups in total.